The quantitative estimate of drug-likeness (QED) is 0.743. The zero-order chi connectivity index (χ0) is 17.6. The van der Waals surface area contributed by atoms with E-state index in [1.54, 1.807) is 18.3 Å². The summed E-state index contributed by atoms with van der Waals surface area (Å²) >= 11 is 1.83. The minimum absolute atomic E-state index is 0.00883. The fourth-order valence-electron chi connectivity index (χ4n) is 2.82. The molecule has 1 fully saturated rings. The number of nitrogens with zero attached hydrogens (tertiary/aromatic N) is 3. The molecule has 1 aliphatic heterocycles. The van der Waals surface area contributed by atoms with Crippen LogP contribution in [0, 0.1) is 0 Å². The fourth-order valence-corrected chi connectivity index (χ4v) is 3.65. The molecule has 6 heteroatoms. The zero-order valence-electron chi connectivity index (χ0n) is 14.6. The van der Waals surface area contributed by atoms with E-state index in [9.17, 15) is 4.79 Å². The lowest BCUT2D eigenvalue weighted by Crippen LogP contribution is -2.32. The van der Waals surface area contributed by atoms with Crippen molar-refractivity contribution in [3.63, 3.8) is 0 Å². The average molecular weight is 357 g/mol. The number of rotatable bonds is 6. The van der Waals surface area contributed by atoms with Crippen LogP contribution in [0.25, 0.3) is 0 Å². The van der Waals surface area contributed by atoms with Crippen molar-refractivity contribution < 1.29 is 9.53 Å². The van der Waals surface area contributed by atoms with Crippen LogP contribution in [0.3, 0.4) is 0 Å². The highest BCUT2D eigenvalue weighted by Gasteiger charge is 2.27. The molecule has 132 valence electrons. The van der Waals surface area contributed by atoms with Gasteiger partial charge in [-0.15, -0.1) is 16.9 Å². The number of aromatic nitrogens is 2. The summed E-state index contributed by atoms with van der Waals surface area (Å²) in [5.41, 5.74) is 1.05. The van der Waals surface area contributed by atoms with E-state index >= 15 is 0 Å². The van der Waals surface area contributed by atoms with Crippen LogP contribution in [-0.2, 0) is 11.2 Å². The van der Waals surface area contributed by atoms with Gasteiger partial charge < -0.3 is 9.64 Å². The van der Waals surface area contributed by atoms with Crippen LogP contribution < -0.4 is 4.74 Å². The third-order valence-corrected chi connectivity index (χ3v) is 5.00. The number of likely N-dealkylation sites (tertiary alicyclic amines) is 1. The van der Waals surface area contributed by atoms with Gasteiger partial charge in [0, 0.05) is 35.4 Å². The molecule has 1 unspecified atom stereocenters. The van der Waals surface area contributed by atoms with Gasteiger partial charge in [-0.25, -0.2) is 0 Å². The van der Waals surface area contributed by atoms with E-state index in [1.807, 2.05) is 28.8 Å². The lowest BCUT2D eigenvalue weighted by molar-refractivity contribution is -0.129. The van der Waals surface area contributed by atoms with Crippen LogP contribution >= 0.6 is 11.8 Å². The number of ether oxygens (including phenoxy) is 1. The minimum atomic E-state index is -0.00883. The Morgan fingerprint density at radius 1 is 1.32 bits per heavy atom. The highest BCUT2D eigenvalue weighted by atomic mass is 32.2. The second-order valence-electron chi connectivity index (χ2n) is 6.42. The van der Waals surface area contributed by atoms with Crippen LogP contribution in [0.5, 0.6) is 5.88 Å². The Hall–Kier alpha value is -2.08. The van der Waals surface area contributed by atoms with Gasteiger partial charge in [0.05, 0.1) is 13.0 Å². The van der Waals surface area contributed by atoms with Crippen molar-refractivity contribution in [1.82, 2.24) is 15.1 Å². The van der Waals surface area contributed by atoms with Crippen molar-refractivity contribution in [1.29, 1.82) is 0 Å². The molecule has 2 heterocycles. The van der Waals surface area contributed by atoms with Crippen LogP contribution in [0.4, 0.5) is 0 Å². The summed E-state index contributed by atoms with van der Waals surface area (Å²) in [4.78, 5) is 15.6. The molecule has 1 aliphatic rings. The van der Waals surface area contributed by atoms with Crippen molar-refractivity contribution >= 4 is 17.7 Å². The Balaban J connectivity index is 1.50. The molecule has 0 spiro atoms. The van der Waals surface area contributed by atoms with E-state index in [0.717, 1.165) is 18.5 Å². The van der Waals surface area contributed by atoms with Crippen molar-refractivity contribution in [2.75, 3.05) is 13.1 Å². The molecule has 2 aromatic rings. The van der Waals surface area contributed by atoms with E-state index < -0.39 is 0 Å². The van der Waals surface area contributed by atoms with Gasteiger partial charge in [-0.3, -0.25) is 4.79 Å². The van der Waals surface area contributed by atoms with Gasteiger partial charge in [-0.05, 0) is 23.8 Å². The summed E-state index contributed by atoms with van der Waals surface area (Å²) in [6, 6.07) is 11.9. The van der Waals surface area contributed by atoms with Crippen molar-refractivity contribution in [2.24, 2.45) is 0 Å². The maximum atomic E-state index is 12.5. The van der Waals surface area contributed by atoms with Crippen LogP contribution in [0.2, 0.25) is 0 Å². The molecular weight excluding hydrogens is 334 g/mol. The molecule has 1 aromatic carbocycles. The number of benzene rings is 1. The lowest BCUT2D eigenvalue weighted by Gasteiger charge is -2.17. The summed E-state index contributed by atoms with van der Waals surface area (Å²) in [6.45, 7) is 5.69. The topological polar surface area (TPSA) is 55.3 Å². The van der Waals surface area contributed by atoms with Crippen molar-refractivity contribution in [3.05, 3.63) is 48.2 Å². The number of hydrogen-bond acceptors (Lipinski definition) is 5. The number of amides is 1. The van der Waals surface area contributed by atoms with Gasteiger partial charge in [0.2, 0.25) is 11.8 Å². The number of thioether (sulfide) groups is 1. The Morgan fingerprint density at radius 2 is 2.12 bits per heavy atom. The first kappa shape index (κ1) is 17.7. The summed E-state index contributed by atoms with van der Waals surface area (Å²) in [6.07, 6.45) is 2.87. The first-order chi connectivity index (χ1) is 12.1. The van der Waals surface area contributed by atoms with Gasteiger partial charge in [0.1, 0.15) is 6.10 Å². The Labute approximate surface area is 152 Å². The second kappa shape index (κ2) is 8.34. The van der Waals surface area contributed by atoms with E-state index in [-0.39, 0.29) is 12.0 Å². The molecule has 0 radical (unpaired) electrons. The average Bonchev–Trinajstić information content (AvgIpc) is 3.06. The summed E-state index contributed by atoms with van der Waals surface area (Å²) in [7, 11) is 0. The summed E-state index contributed by atoms with van der Waals surface area (Å²) in [5.74, 6) is 0.662. The van der Waals surface area contributed by atoms with Gasteiger partial charge in [-0.1, -0.05) is 26.0 Å². The first-order valence-corrected chi connectivity index (χ1v) is 9.46. The van der Waals surface area contributed by atoms with E-state index in [1.165, 1.54) is 4.90 Å². The molecule has 0 aliphatic carbocycles. The molecule has 1 amide bonds. The van der Waals surface area contributed by atoms with E-state index in [2.05, 4.69) is 36.2 Å². The Morgan fingerprint density at radius 3 is 2.80 bits per heavy atom. The van der Waals surface area contributed by atoms with Gasteiger partial charge >= 0.3 is 0 Å². The standard InChI is InChI=1S/C19H23N3O2S/c1-14(2)25-17-7-5-15(6-8-17)12-19(23)22-11-9-16(13-22)24-18-4-3-10-20-21-18/h3-8,10,14,16H,9,11-13H2,1-2H3. The Kier molecular flexibility index (Phi) is 5.91. The van der Waals surface area contributed by atoms with Crippen LogP contribution in [0.15, 0.2) is 47.5 Å². The maximum absolute atomic E-state index is 12.5. The third kappa shape index (κ3) is 5.19. The SMILES string of the molecule is CC(C)Sc1ccc(CC(=O)N2CCC(Oc3cccnn3)C2)cc1. The molecule has 3 rings (SSSR count). The highest BCUT2D eigenvalue weighted by Crippen LogP contribution is 2.23. The summed E-state index contributed by atoms with van der Waals surface area (Å²) < 4.78 is 5.79. The number of hydrogen-bond donors (Lipinski definition) is 0. The zero-order valence-corrected chi connectivity index (χ0v) is 15.4. The van der Waals surface area contributed by atoms with Crippen LogP contribution in [0.1, 0.15) is 25.8 Å². The number of carbonyl (C=O) groups excluding carboxylic acids is 1. The van der Waals surface area contributed by atoms with E-state index in [4.69, 9.17) is 4.74 Å². The van der Waals surface area contributed by atoms with Crippen molar-refractivity contribution in [3.8, 4) is 5.88 Å². The minimum Gasteiger partial charge on any atom is -0.471 e. The van der Waals surface area contributed by atoms with Gasteiger partial charge in [-0.2, -0.15) is 5.10 Å². The molecule has 5 nitrogen and oxygen atoms in total. The predicted molar refractivity (Wildman–Crippen MR) is 98.8 cm³/mol. The number of carbonyl (C=O) groups is 1. The lowest BCUT2D eigenvalue weighted by atomic mass is 10.1. The maximum Gasteiger partial charge on any atom is 0.233 e. The predicted octanol–water partition coefficient (Wildman–Crippen LogP) is 3.20. The van der Waals surface area contributed by atoms with Crippen molar-refractivity contribution in [2.45, 2.75) is 42.9 Å². The molecule has 1 aromatic heterocycles. The molecular formula is C19H23N3O2S. The molecule has 1 saturated heterocycles. The molecule has 0 bridgehead atoms. The third-order valence-electron chi connectivity index (χ3n) is 3.98. The summed E-state index contributed by atoms with van der Waals surface area (Å²) in [5, 5.41) is 8.29. The Bertz CT molecular complexity index is 692. The fraction of sp³-hybridized carbons (Fsp3) is 0.421. The smallest absolute Gasteiger partial charge is 0.233 e. The first-order valence-electron chi connectivity index (χ1n) is 8.58. The molecule has 0 N–H and O–H groups in total. The van der Waals surface area contributed by atoms with Crippen LogP contribution in [-0.4, -0.2) is 45.4 Å². The molecule has 0 saturated carbocycles. The molecule has 25 heavy (non-hydrogen) atoms. The normalized spacial score (nSPS) is 17.1. The second-order valence-corrected chi connectivity index (χ2v) is 8.07. The van der Waals surface area contributed by atoms with Gasteiger partial charge in [0.15, 0.2) is 0 Å². The monoisotopic (exact) mass is 357 g/mol. The van der Waals surface area contributed by atoms with Gasteiger partial charge in [0.25, 0.3) is 0 Å². The molecule has 1 atom stereocenters. The largest absolute Gasteiger partial charge is 0.471 e. The highest BCUT2D eigenvalue weighted by molar-refractivity contribution is 7.99. The van der Waals surface area contributed by atoms with E-state index in [0.29, 0.717) is 24.1 Å².